The number of nitrogens with one attached hydrogen (secondary N) is 2. The van der Waals surface area contributed by atoms with Crippen LogP contribution in [-0.4, -0.2) is 47.9 Å². The van der Waals surface area contributed by atoms with Gasteiger partial charge in [-0.05, 0) is 15.9 Å². The van der Waals surface area contributed by atoms with Crippen LogP contribution in [0.2, 0.25) is 0 Å². The Morgan fingerprint density at radius 1 is 1.55 bits per heavy atom. The quantitative estimate of drug-likeness (QED) is 0.597. The topological polar surface area (TPSA) is 79.3 Å². The molecule has 1 rings (SSSR count). The Hall–Kier alpha value is -2.01. The molecule has 0 aliphatic carbocycles. The summed E-state index contributed by atoms with van der Waals surface area (Å²) in [5.74, 6) is 2.35. The van der Waals surface area contributed by atoms with Gasteiger partial charge in [0.05, 0.1) is 11.9 Å². The Morgan fingerprint density at radius 3 is 2.85 bits per heavy atom. The molecule has 0 saturated carbocycles. The van der Waals surface area contributed by atoms with E-state index in [0.29, 0.717) is 23.2 Å². The van der Waals surface area contributed by atoms with Crippen molar-refractivity contribution in [3.63, 3.8) is 0 Å². The normalized spacial score (nSPS) is 9.70. The summed E-state index contributed by atoms with van der Waals surface area (Å²) < 4.78 is 1.55. The van der Waals surface area contributed by atoms with Crippen LogP contribution in [-0.2, 0) is 6.54 Å². The van der Waals surface area contributed by atoms with E-state index in [1.165, 1.54) is 15.8 Å². The van der Waals surface area contributed by atoms with Crippen molar-refractivity contribution in [2.75, 3.05) is 32.5 Å². The molecule has 0 aliphatic heterocycles. The fourth-order valence-electron chi connectivity index (χ4n) is 1.31. The van der Waals surface area contributed by atoms with Crippen LogP contribution in [0.3, 0.4) is 0 Å². The molecule has 0 spiro atoms. The zero-order chi connectivity index (χ0) is 15.1. The van der Waals surface area contributed by atoms with Gasteiger partial charge in [0.2, 0.25) is 0 Å². The Bertz CT molecular complexity index is 576. The van der Waals surface area contributed by atoms with Gasteiger partial charge in [0.1, 0.15) is 11.0 Å². The summed E-state index contributed by atoms with van der Waals surface area (Å²) >= 11 is 3.21. The van der Waals surface area contributed by atoms with Crippen molar-refractivity contribution in [2.45, 2.75) is 6.54 Å². The highest BCUT2D eigenvalue weighted by Gasteiger charge is 2.08. The summed E-state index contributed by atoms with van der Waals surface area (Å²) in [5.41, 5.74) is 0.257. The number of anilines is 1. The number of carbonyl (C=O) groups is 1. The van der Waals surface area contributed by atoms with E-state index in [1.807, 2.05) is 0 Å². The van der Waals surface area contributed by atoms with Gasteiger partial charge in [0.25, 0.3) is 5.56 Å². The lowest BCUT2D eigenvalue weighted by molar-refractivity contribution is 0.218. The lowest BCUT2D eigenvalue weighted by Crippen LogP contribution is -2.37. The lowest BCUT2D eigenvalue weighted by Gasteiger charge is -2.13. The Morgan fingerprint density at radius 2 is 2.25 bits per heavy atom. The van der Waals surface area contributed by atoms with Gasteiger partial charge in [-0.2, -0.15) is 5.10 Å². The van der Waals surface area contributed by atoms with Gasteiger partial charge in [0.15, 0.2) is 0 Å². The van der Waals surface area contributed by atoms with Crippen LogP contribution in [0.4, 0.5) is 10.5 Å². The second-order valence-electron chi connectivity index (χ2n) is 4.09. The molecule has 0 bridgehead atoms. The van der Waals surface area contributed by atoms with E-state index in [4.69, 9.17) is 6.42 Å². The van der Waals surface area contributed by atoms with E-state index in [2.05, 4.69) is 37.6 Å². The van der Waals surface area contributed by atoms with Crippen LogP contribution in [0.1, 0.15) is 0 Å². The van der Waals surface area contributed by atoms with Crippen molar-refractivity contribution < 1.29 is 4.79 Å². The number of aromatic nitrogens is 2. The second-order valence-corrected chi connectivity index (χ2v) is 4.89. The molecule has 108 valence electrons. The van der Waals surface area contributed by atoms with Crippen molar-refractivity contribution in [3.05, 3.63) is 21.0 Å². The fraction of sp³-hybridized carbons (Fsp3) is 0.417. The minimum Gasteiger partial charge on any atom is -0.381 e. The predicted molar refractivity (Wildman–Crippen MR) is 80.6 cm³/mol. The van der Waals surface area contributed by atoms with E-state index in [9.17, 15) is 9.59 Å². The zero-order valence-electron chi connectivity index (χ0n) is 11.3. The fourth-order valence-corrected chi connectivity index (χ4v) is 1.76. The minimum atomic E-state index is -0.301. The number of urea groups is 1. The number of hydrogen-bond acceptors (Lipinski definition) is 4. The first-order valence-electron chi connectivity index (χ1n) is 5.85. The largest absolute Gasteiger partial charge is 0.381 e. The molecular formula is C12H16BrN5O2. The van der Waals surface area contributed by atoms with Crippen LogP contribution in [0, 0.1) is 12.3 Å². The molecule has 20 heavy (non-hydrogen) atoms. The van der Waals surface area contributed by atoms with E-state index < -0.39 is 0 Å². The van der Waals surface area contributed by atoms with Crippen LogP contribution in [0.15, 0.2) is 15.5 Å². The Kier molecular flexibility index (Phi) is 6.06. The summed E-state index contributed by atoms with van der Waals surface area (Å²) in [5, 5.41) is 9.65. The first-order valence-corrected chi connectivity index (χ1v) is 6.64. The third kappa shape index (κ3) is 4.28. The summed E-state index contributed by atoms with van der Waals surface area (Å²) in [7, 11) is 3.32. The maximum atomic E-state index is 11.9. The van der Waals surface area contributed by atoms with Crippen LogP contribution >= 0.6 is 15.9 Å². The number of nitrogens with zero attached hydrogens (tertiary/aromatic N) is 3. The molecule has 2 amide bonds. The highest BCUT2D eigenvalue weighted by Crippen LogP contribution is 2.15. The molecule has 2 N–H and O–H groups in total. The molecule has 1 aromatic rings. The van der Waals surface area contributed by atoms with Crippen molar-refractivity contribution in [1.29, 1.82) is 0 Å². The summed E-state index contributed by atoms with van der Waals surface area (Å²) in [6.07, 6.45) is 6.65. The average Bonchev–Trinajstić information content (AvgIpc) is 2.41. The highest BCUT2D eigenvalue weighted by molar-refractivity contribution is 9.10. The van der Waals surface area contributed by atoms with Crippen LogP contribution in [0.25, 0.3) is 0 Å². The number of rotatable bonds is 5. The molecule has 8 heteroatoms. The van der Waals surface area contributed by atoms with E-state index in [0.717, 1.165) is 0 Å². The number of hydrogen-bond donors (Lipinski definition) is 2. The number of carbonyl (C=O) groups excluding carboxylic acids is 1. The first kappa shape index (κ1) is 16.0. The van der Waals surface area contributed by atoms with Gasteiger partial charge in [-0.25, -0.2) is 9.48 Å². The van der Waals surface area contributed by atoms with Gasteiger partial charge in [0, 0.05) is 27.2 Å². The number of terminal acetylenes is 1. The zero-order valence-corrected chi connectivity index (χ0v) is 12.9. The maximum absolute atomic E-state index is 11.9. The molecule has 0 atom stereocenters. The van der Waals surface area contributed by atoms with Crippen molar-refractivity contribution >= 4 is 27.6 Å². The van der Waals surface area contributed by atoms with Gasteiger partial charge >= 0.3 is 6.03 Å². The van der Waals surface area contributed by atoms with Crippen molar-refractivity contribution in [2.24, 2.45) is 0 Å². The monoisotopic (exact) mass is 341 g/mol. The van der Waals surface area contributed by atoms with Crippen molar-refractivity contribution in [1.82, 2.24) is 20.0 Å². The van der Waals surface area contributed by atoms with E-state index in [1.54, 1.807) is 14.1 Å². The number of halogens is 1. The van der Waals surface area contributed by atoms with Crippen LogP contribution < -0.4 is 16.2 Å². The molecular weight excluding hydrogens is 326 g/mol. The standard InChI is InChI=1S/C12H16BrN5O2/c1-4-7-18-11(19)10(13)9(8-16-18)14-5-6-15-12(20)17(2)3/h1,8,14H,5-7H2,2-3H3,(H,15,20). The average molecular weight is 342 g/mol. The molecule has 0 fully saturated rings. The molecule has 0 aromatic carbocycles. The van der Waals surface area contributed by atoms with Gasteiger partial charge < -0.3 is 15.5 Å². The Labute approximate surface area is 125 Å². The molecule has 7 nitrogen and oxygen atoms in total. The molecule has 0 aliphatic rings. The summed E-state index contributed by atoms with van der Waals surface area (Å²) in [6.45, 7) is 1.02. The first-order chi connectivity index (χ1) is 9.47. The van der Waals surface area contributed by atoms with Crippen LogP contribution in [0.5, 0.6) is 0 Å². The molecule has 1 heterocycles. The number of amides is 2. The molecule has 0 unspecified atom stereocenters. The van der Waals surface area contributed by atoms with E-state index >= 15 is 0 Å². The summed E-state index contributed by atoms with van der Waals surface area (Å²) in [6, 6.07) is -0.173. The van der Waals surface area contributed by atoms with Crippen molar-refractivity contribution in [3.8, 4) is 12.3 Å². The molecule has 0 radical (unpaired) electrons. The molecule has 0 saturated heterocycles. The Balaban J connectivity index is 2.58. The van der Waals surface area contributed by atoms with E-state index in [-0.39, 0.29) is 18.1 Å². The smallest absolute Gasteiger partial charge is 0.316 e. The molecule has 1 aromatic heterocycles. The van der Waals surface area contributed by atoms with Gasteiger partial charge in [-0.1, -0.05) is 5.92 Å². The highest BCUT2D eigenvalue weighted by atomic mass is 79.9. The minimum absolute atomic E-state index is 0.122. The SMILES string of the molecule is C#CCn1ncc(NCCNC(=O)N(C)C)c(Br)c1=O. The second kappa shape index (κ2) is 7.55. The van der Waals surface area contributed by atoms with Gasteiger partial charge in [-0.3, -0.25) is 4.79 Å². The lowest BCUT2D eigenvalue weighted by atomic mass is 10.4. The maximum Gasteiger partial charge on any atom is 0.316 e. The summed E-state index contributed by atoms with van der Waals surface area (Å²) in [4.78, 5) is 24.6. The predicted octanol–water partition coefficient (Wildman–Crippen LogP) is 0.322. The third-order valence-electron chi connectivity index (χ3n) is 2.35. The third-order valence-corrected chi connectivity index (χ3v) is 3.12. The van der Waals surface area contributed by atoms with Gasteiger partial charge in [-0.15, -0.1) is 6.42 Å².